The lowest BCUT2D eigenvalue weighted by molar-refractivity contribution is -0.137. The highest BCUT2D eigenvalue weighted by Gasteiger charge is 2.20. The Kier molecular flexibility index (Phi) is 3.83. The average Bonchev–Trinajstić information content (AvgIpc) is 2.84. The second-order valence-electron chi connectivity index (χ2n) is 4.90. The van der Waals surface area contributed by atoms with Gasteiger partial charge in [0.15, 0.2) is 0 Å². The summed E-state index contributed by atoms with van der Waals surface area (Å²) in [4.78, 5) is 23.5. The van der Waals surface area contributed by atoms with E-state index in [9.17, 15) is 14.0 Å². The molecule has 1 heterocycles. The van der Waals surface area contributed by atoms with Crippen molar-refractivity contribution in [3.63, 3.8) is 0 Å². The molecule has 0 amide bonds. The van der Waals surface area contributed by atoms with Gasteiger partial charge in [0, 0.05) is 16.0 Å². The quantitative estimate of drug-likeness (QED) is 0.745. The molecule has 7 heteroatoms. The lowest BCUT2D eigenvalue weighted by atomic mass is 10.1. The second kappa shape index (κ2) is 5.81. The van der Waals surface area contributed by atoms with Crippen LogP contribution in [0.25, 0.3) is 10.9 Å². The van der Waals surface area contributed by atoms with Gasteiger partial charge >= 0.3 is 5.97 Å². The monoisotopic (exact) mass is 332 g/mol. The molecule has 23 heavy (non-hydrogen) atoms. The zero-order valence-corrected chi connectivity index (χ0v) is 12.4. The topological polar surface area (TPSA) is 72.2 Å². The van der Waals surface area contributed by atoms with Crippen LogP contribution in [0.2, 0.25) is 5.02 Å². The largest absolute Gasteiger partial charge is 0.480 e. The Morgan fingerprint density at radius 2 is 1.87 bits per heavy atom. The third kappa shape index (κ3) is 2.93. The van der Waals surface area contributed by atoms with Gasteiger partial charge in [-0.2, -0.15) is 5.10 Å². The molecule has 0 aliphatic rings. The van der Waals surface area contributed by atoms with Crippen LogP contribution in [0.1, 0.15) is 16.1 Å². The number of nitrogens with zero attached hydrogens (tertiary/aromatic N) is 2. The molecule has 0 aliphatic heterocycles. The van der Waals surface area contributed by atoms with Gasteiger partial charge in [-0.25, -0.2) is 4.39 Å². The number of halogens is 2. The van der Waals surface area contributed by atoms with Crippen molar-refractivity contribution >= 4 is 34.3 Å². The van der Waals surface area contributed by atoms with Gasteiger partial charge in [-0.15, -0.1) is 0 Å². The third-order valence-electron chi connectivity index (χ3n) is 3.32. The van der Waals surface area contributed by atoms with Crippen LogP contribution < -0.4 is 0 Å². The summed E-state index contributed by atoms with van der Waals surface area (Å²) in [7, 11) is 0. The maximum absolute atomic E-state index is 13.4. The first-order valence-electron chi connectivity index (χ1n) is 6.64. The minimum absolute atomic E-state index is 0.0728. The van der Waals surface area contributed by atoms with Crippen LogP contribution in [0, 0.1) is 5.82 Å². The standard InChI is InChI=1S/C16H10ClFN2O3/c17-10-3-1-9(2-4-10)16(23)15-12-6-5-11(18)7-13(12)20(19-15)8-14(21)22/h1-7H,8H2,(H,21,22). The smallest absolute Gasteiger partial charge is 0.325 e. The molecule has 0 spiro atoms. The van der Waals surface area contributed by atoms with Gasteiger partial charge < -0.3 is 5.11 Å². The average molecular weight is 333 g/mol. The molecule has 0 aliphatic carbocycles. The Morgan fingerprint density at radius 1 is 1.17 bits per heavy atom. The van der Waals surface area contributed by atoms with Crippen LogP contribution in [-0.4, -0.2) is 26.6 Å². The predicted molar refractivity (Wildman–Crippen MR) is 82.2 cm³/mol. The van der Waals surface area contributed by atoms with E-state index in [-0.39, 0.29) is 17.0 Å². The van der Waals surface area contributed by atoms with Gasteiger partial charge in [-0.05, 0) is 42.5 Å². The van der Waals surface area contributed by atoms with E-state index in [1.54, 1.807) is 24.3 Å². The Balaban J connectivity index is 2.15. The highest BCUT2D eigenvalue weighted by Crippen LogP contribution is 2.23. The molecule has 0 fully saturated rings. The normalized spacial score (nSPS) is 10.9. The first-order valence-corrected chi connectivity index (χ1v) is 7.01. The molecule has 0 saturated heterocycles. The van der Waals surface area contributed by atoms with E-state index in [0.29, 0.717) is 16.0 Å². The van der Waals surface area contributed by atoms with Crippen molar-refractivity contribution in [1.29, 1.82) is 0 Å². The molecular weight excluding hydrogens is 323 g/mol. The fourth-order valence-corrected chi connectivity index (χ4v) is 2.43. The summed E-state index contributed by atoms with van der Waals surface area (Å²) in [5, 5.41) is 13.9. The molecule has 0 radical (unpaired) electrons. The number of carbonyl (C=O) groups is 2. The highest BCUT2D eigenvalue weighted by molar-refractivity contribution is 6.30. The van der Waals surface area contributed by atoms with Gasteiger partial charge in [-0.3, -0.25) is 14.3 Å². The number of rotatable bonds is 4. The zero-order valence-electron chi connectivity index (χ0n) is 11.7. The Hall–Kier alpha value is -2.73. The number of benzene rings is 2. The summed E-state index contributed by atoms with van der Waals surface area (Å²) in [6.45, 7) is -0.464. The van der Waals surface area contributed by atoms with E-state index in [1.165, 1.54) is 12.1 Å². The molecule has 1 aromatic heterocycles. The Labute approximate surface area is 134 Å². The minimum atomic E-state index is -1.14. The number of hydrogen-bond acceptors (Lipinski definition) is 3. The number of aliphatic carboxylic acids is 1. The molecule has 5 nitrogen and oxygen atoms in total. The fourth-order valence-electron chi connectivity index (χ4n) is 2.30. The molecule has 0 saturated carbocycles. The van der Waals surface area contributed by atoms with E-state index < -0.39 is 18.3 Å². The van der Waals surface area contributed by atoms with Crippen molar-refractivity contribution in [3.8, 4) is 0 Å². The number of fused-ring (bicyclic) bond motifs is 1. The SMILES string of the molecule is O=C(O)Cn1nc(C(=O)c2ccc(Cl)cc2)c2ccc(F)cc21. The molecule has 0 unspecified atom stereocenters. The van der Waals surface area contributed by atoms with Gasteiger partial charge in [-0.1, -0.05) is 11.6 Å². The van der Waals surface area contributed by atoms with E-state index in [2.05, 4.69) is 5.10 Å². The summed E-state index contributed by atoms with van der Waals surface area (Å²) in [5.41, 5.74) is 0.689. The Bertz CT molecular complexity index is 919. The highest BCUT2D eigenvalue weighted by atomic mass is 35.5. The number of ketones is 1. The number of hydrogen-bond donors (Lipinski definition) is 1. The van der Waals surface area contributed by atoms with Crippen molar-refractivity contribution in [2.75, 3.05) is 0 Å². The van der Waals surface area contributed by atoms with Crippen molar-refractivity contribution in [3.05, 3.63) is 64.6 Å². The minimum Gasteiger partial charge on any atom is -0.480 e. The van der Waals surface area contributed by atoms with Crippen LogP contribution in [0.5, 0.6) is 0 Å². The van der Waals surface area contributed by atoms with Crippen molar-refractivity contribution in [2.24, 2.45) is 0 Å². The molecule has 2 aromatic carbocycles. The predicted octanol–water partition coefficient (Wildman–Crippen LogP) is 3.14. The maximum Gasteiger partial charge on any atom is 0.325 e. The Morgan fingerprint density at radius 3 is 2.52 bits per heavy atom. The lowest BCUT2D eigenvalue weighted by Crippen LogP contribution is -2.11. The summed E-state index contributed by atoms with van der Waals surface area (Å²) < 4.78 is 14.5. The van der Waals surface area contributed by atoms with Gasteiger partial charge in [0.25, 0.3) is 0 Å². The maximum atomic E-state index is 13.4. The molecule has 0 bridgehead atoms. The van der Waals surface area contributed by atoms with Crippen LogP contribution in [-0.2, 0) is 11.3 Å². The van der Waals surface area contributed by atoms with E-state index in [1.807, 2.05) is 0 Å². The summed E-state index contributed by atoms with van der Waals surface area (Å²) in [5.74, 6) is -2.05. The van der Waals surface area contributed by atoms with E-state index in [0.717, 1.165) is 10.7 Å². The third-order valence-corrected chi connectivity index (χ3v) is 3.57. The molecule has 3 rings (SSSR count). The van der Waals surface area contributed by atoms with Crippen molar-refractivity contribution in [2.45, 2.75) is 6.54 Å². The van der Waals surface area contributed by atoms with Crippen LogP contribution in [0.3, 0.4) is 0 Å². The molecular formula is C16H10ClFN2O3. The molecule has 116 valence electrons. The van der Waals surface area contributed by atoms with Gasteiger partial charge in [0.05, 0.1) is 5.52 Å². The van der Waals surface area contributed by atoms with Crippen LogP contribution >= 0.6 is 11.6 Å². The molecule has 0 atom stereocenters. The van der Waals surface area contributed by atoms with E-state index >= 15 is 0 Å². The first-order chi connectivity index (χ1) is 11.0. The van der Waals surface area contributed by atoms with Gasteiger partial charge in [0.1, 0.15) is 18.1 Å². The summed E-state index contributed by atoms with van der Waals surface area (Å²) in [6, 6.07) is 10.0. The molecule has 1 N–H and O–H groups in total. The number of carboxylic acids is 1. The van der Waals surface area contributed by atoms with Crippen molar-refractivity contribution in [1.82, 2.24) is 9.78 Å². The van der Waals surface area contributed by atoms with Crippen LogP contribution in [0.4, 0.5) is 4.39 Å². The number of carboxylic acid groups (broad SMARTS) is 1. The van der Waals surface area contributed by atoms with Gasteiger partial charge in [0.2, 0.25) is 5.78 Å². The summed E-state index contributed by atoms with van der Waals surface area (Å²) in [6.07, 6.45) is 0. The second-order valence-corrected chi connectivity index (χ2v) is 5.33. The summed E-state index contributed by atoms with van der Waals surface area (Å²) >= 11 is 5.80. The lowest BCUT2D eigenvalue weighted by Gasteiger charge is -1.98. The van der Waals surface area contributed by atoms with E-state index in [4.69, 9.17) is 16.7 Å². The number of aromatic nitrogens is 2. The molecule has 3 aromatic rings. The van der Waals surface area contributed by atoms with Crippen LogP contribution in [0.15, 0.2) is 42.5 Å². The number of carbonyl (C=O) groups excluding carboxylic acids is 1. The van der Waals surface area contributed by atoms with Crippen molar-refractivity contribution < 1.29 is 19.1 Å². The zero-order chi connectivity index (χ0) is 16.6. The fraction of sp³-hybridized carbons (Fsp3) is 0.0625. The first kappa shape index (κ1) is 15.2.